The number of carboxylic acids is 1. The van der Waals surface area contributed by atoms with E-state index in [0.29, 0.717) is 47.8 Å². The summed E-state index contributed by atoms with van der Waals surface area (Å²) in [6.07, 6.45) is 17.3. The fraction of sp³-hybridized carbons (Fsp3) is 0.379. The molecule has 1 heterocycles. The molecule has 0 fully saturated rings. The van der Waals surface area contributed by atoms with Gasteiger partial charge in [-0.1, -0.05) is 105 Å². The molecule has 13 nitrogen and oxygen atoms in total. The van der Waals surface area contributed by atoms with Gasteiger partial charge in [0.1, 0.15) is 28.7 Å². The molecule has 0 bridgehead atoms. The molecule has 0 aliphatic rings. The lowest BCUT2D eigenvalue weighted by molar-refractivity contribution is 0.0679. The highest BCUT2D eigenvalue weighted by Gasteiger charge is 2.18. The highest BCUT2D eigenvalue weighted by atomic mass is 16.5. The van der Waals surface area contributed by atoms with E-state index in [2.05, 4.69) is 37.9 Å². The van der Waals surface area contributed by atoms with E-state index in [-0.39, 0.29) is 39.8 Å². The number of carboxylic acid groups (broad SMARTS) is 1. The van der Waals surface area contributed by atoms with Crippen molar-refractivity contribution < 1.29 is 52.4 Å². The number of ether oxygens (including phenoxy) is 5. The molecule has 6 aromatic rings. The van der Waals surface area contributed by atoms with Crippen LogP contribution in [0.15, 0.2) is 120 Å². The highest BCUT2D eigenvalue weighted by molar-refractivity contribution is 5.95. The van der Waals surface area contributed by atoms with Crippen LogP contribution in [0, 0.1) is 11.8 Å². The van der Waals surface area contributed by atoms with Crippen molar-refractivity contribution in [2.75, 3.05) is 13.2 Å². The van der Waals surface area contributed by atoms with Gasteiger partial charge in [-0.25, -0.2) is 19.2 Å². The normalized spacial score (nSPS) is 11.5. The van der Waals surface area contributed by atoms with Gasteiger partial charge in [0, 0.05) is 17.2 Å². The molecule has 6 rings (SSSR count). The predicted octanol–water partition coefficient (Wildman–Crippen LogP) is 14.3. The fourth-order valence-corrected chi connectivity index (χ4v) is 7.73. The van der Waals surface area contributed by atoms with Crippen LogP contribution in [0.1, 0.15) is 159 Å². The molecule has 374 valence electrons. The maximum absolute atomic E-state index is 13.2. The summed E-state index contributed by atoms with van der Waals surface area (Å²) < 4.78 is 34.3. The smallest absolute Gasteiger partial charge is 0.343 e. The number of hydrogen-bond acceptors (Lipinski definition) is 12. The second-order valence-electron chi connectivity index (χ2n) is 18.3. The number of aromatic nitrogens is 2. The zero-order valence-corrected chi connectivity index (χ0v) is 41.4. The summed E-state index contributed by atoms with van der Waals surface area (Å²) in [6, 6.07) is 29.7. The summed E-state index contributed by atoms with van der Waals surface area (Å²) in [5.41, 5.74) is 1.57. The number of aromatic carboxylic acids is 1. The summed E-state index contributed by atoms with van der Waals surface area (Å²) in [5.74, 6) is -0.406. The predicted molar refractivity (Wildman–Crippen MR) is 272 cm³/mol. The fourth-order valence-electron chi connectivity index (χ4n) is 7.73. The first-order chi connectivity index (χ1) is 34.4. The number of carbonyl (C=O) groups excluding carboxylic acids is 3. The van der Waals surface area contributed by atoms with Crippen molar-refractivity contribution >= 4 is 23.9 Å². The molecule has 0 amide bonds. The number of hydrogen-bond donors (Lipinski definition) is 1. The van der Waals surface area contributed by atoms with Crippen LogP contribution in [0.25, 0.3) is 22.9 Å². The third kappa shape index (κ3) is 17.6. The minimum atomic E-state index is -1.33. The zero-order valence-electron chi connectivity index (χ0n) is 41.4. The molecule has 1 aromatic heterocycles. The van der Waals surface area contributed by atoms with E-state index in [1.165, 1.54) is 113 Å². The summed E-state index contributed by atoms with van der Waals surface area (Å²) in [6.45, 7) is 10.2. The largest absolute Gasteiger partial charge is 0.494 e. The van der Waals surface area contributed by atoms with E-state index in [1.54, 1.807) is 36.4 Å². The molecule has 13 heteroatoms. The average Bonchev–Trinajstić information content (AvgIpc) is 3.87. The van der Waals surface area contributed by atoms with E-state index in [9.17, 15) is 24.3 Å². The van der Waals surface area contributed by atoms with E-state index in [4.69, 9.17) is 28.1 Å². The standard InChI is InChI=1S/C58H66N2O11/c1-5-6-7-8-9-10-11-12-13-14-35-66-48-28-22-43(23-29-48)54-60-59-53(71-54)42-18-20-44(21-19-42)57(64)69-51-37-47(55(61)62)38-52(39-51)70-58(65)46-26-32-50(33-27-46)68-56(63)45-24-30-49(31-25-45)67-36-34-41(4)17-15-16-40(2)3/h18-33,37-41H,5-17,34-36H2,1-4H3,(H,61,62)/t41-/m0/s1. The molecule has 0 radical (unpaired) electrons. The lowest BCUT2D eigenvalue weighted by Crippen LogP contribution is -2.12. The molecular weight excluding hydrogens is 901 g/mol. The minimum absolute atomic E-state index is 0.0887. The first-order valence-electron chi connectivity index (χ1n) is 25.0. The number of carbonyl (C=O) groups is 4. The van der Waals surface area contributed by atoms with Crippen LogP contribution >= 0.6 is 0 Å². The summed E-state index contributed by atoms with van der Waals surface area (Å²) >= 11 is 0. The van der Waals surface area contributed by atoms with Gasteiger partial charge >= 0.3 is 23.9 Å². The Morgan fingerprint density at radius 2 is 0.887 bits per heavy atom. The van der Waals surface area contributed by atoms with Gasteiger partial charge in [0.2, 0.25) is 11.8 Å². The maximum atomic E-state index is 13.2. The summed E-state index contributed by atoms with van der Waals surface area (Å²) in [5, 5.41) is 18.2. The molecule has 5 aromatic carbocycles. The molecule has 0 saturated heterocycles. The van der Waals surface area contributed by atoms with Crippen LogP contribution in [-0.4, -0.2) is 52.4 Å². The van der Waals surface area contributed by atoms with E-state index in [0.717, 1.165) is 42.7 Å². The van der Waals surface area contributed by atoms with Gasteiger partial charge in [-0.15, -0.1) is 10.2 Å². The van der Waals surface area contributed by atoms with Crippen molar-refractivity contribution in [2.45, 2.75) is 118 Å². The van der Waals surface area contributed by atoms with Gasteiger partial charge in [-0.05, 0) is 134 Å². The Morgan fingerprint density at radius 3 is 1.38 bits per heavy atom. The van der Waals surface area contributed by atoms with Crippen molar-refractivity contribution in [2.24, 2.45) is 11.8 Å². The van der Waals surface area contributed by atoms with Crippen LogP contribution in [-0.2, 0) is 0 Å². The van der Waals surface area contributed by atoms with Gasteiger partial charge in [0.15, 0.2) is 0 Å². The number of benzene rings is 5. The van der Waals surface area contributed by atoms with E-state index in [1.807, 2.05) is 24.3 Å². The van der Waals surface area contributed by atoms with Crippen molar-refractivity contribution in [1.29, 1.82) is 0 Å². The Balaban J connectivity index is 0.953. The maximum Gasteiger partial charge on any atom is 0.343 e. The van der Waals surface area contributed by atoms with Crippen molar-refractivity contribution in [3.05, 3.63) is 138 Å². The lowest BCUT2D eigenvalue weighted by Gasteiger charge is -2.13. The Bertz CT molecular complexity index is 2600. The lowest BCUT2D eigenvalue weighted by atomic mass is 9.98. The second kappa shape index (κ2) is 27.8. The van der Waals surface area contributed by atoms with Crippen molar-refractivity contribution in [3.63, 3.8) is 0 Å². The monoisotopic (exact) mass is 966 g/mol. The summed E-state index contributed by atoms with van der Waals surface area (Å²) in [4.78, 5) is 51.2. The van der Waals surface area contributed by atoms with Crippen LogP contribution in [0.4, 0.5) is 0 Å². The Morgan fingerprint density at radius 1 is 0.465 bits per heavy atom. The topological polar surface area (TPSA) is 174 Å². The van der Waals surface area contributed by atoms with Crippen molar-refractivity contribution in [1.82, 2.24) is 10.2 Å². The van der Waals surface area contributed by atoms with Gasteiger partial charge in [0.05, 0.1) is 35.5 Å². The van der Waals surface area contributed by atoms with E-state index < -0.39 is 23.9 Å². The van der Waals surface area contributed by atoms with E-state index >= 15 is 0 Å². The number of nitrogens with zero attached hydrogens (tertiary/aromatic N) is 2. The number of rotatable bonds is 29. The number of unbranched alkanes of at least 4 members (excludes halogenated alkanes) is 9. The Hall–Kier alpha value is -7.28. The zero-order chi connectivity index (χ0) is 50.4. The number of esters is 3. The highest BCUT2D eigenvalue weighted by Crippen LogP contribution is 2.29. The summed E-state index contributed by atoms with van der Waals surface area (Å²) in [7, 11) is 0. The minimum Gasteiger partial charge on any atom is -0.494 e. The van der Waals surface area contributed by atoms with Crippen LogP contribution < -0.4 is 23.7 Å². The van der Waals surface area contributed by atoms with Crippen LogP contribution in [0.2, 0.25) is 0 Å². The van der Waals surface area contributed by atoms with Gasteiger partial charge in [-0.2, -0.15) is 0 Å². The molecule has 0 aliphatic heterocycles. The van der Waals surface area contributed by atoms with Crippen LogP contribution in [0.5, 0.6) is 28.7 Å². The molecule has 0 aliphatic carbocycles. The van der Waals surface area contributed by atoms with Crippen molar-refractivity contribution in [3.8, 4) is 51.7 Å². The molecule has 0 spiro atoms. The molecule has 0 unspecified atom stereocenters. The van der Waals surface area contributed by atoms with Gasteiger partial charge in [0.25, 0.3) is 0 Å². The second-order valence-corrected chi connectivity index (χ2v) is 18.3. The van der Waals surface area contributed by atoms with Crippen LogP contribution in [0.3, 0.4) is 0 Å². The average molecular weight is 967 g/mol. The first-order valence-corrected chi connectivity index (χ1v) is 25.0. The SMILES string of the molecule is CCCCCCCCCCCCOc1ccc(-c2nnc(-c3ccc(C(=O)Oc4cc(OC(=O)c5ccc(OC(=O)c6ccc(OCC[C@@H](C)CCCC(C)C)cc6)cc5)cc(C(=O)O)c4)cc3)o2)cc1. The first kappa shape index (κ1) is 53.1. The third-order valence-corrected chi connectivity index (χ3v) is 12.0. The molecule has 0 saturated carbocycles. The molecule has 1 N–H and O–H groups in total. The Labute approximate surface area is 416 Å². The molecule has 71 heavy (non-hydrogen) atoms. The molecule has 1 atom stereocenters. The Kier molecular flexibility index (Phi) is 20.8. The quantitative estimate of drug-likeness (QED) is 0.0267. The third-order valence-electron chi connectivity index (χ3n) is 12.0. The molecular formula is C58H66N2O11. The van der Waals surface area contributed by atoms with Gasteiger partial charge < -0.3 is 33.2 Å². The van der Waals surface area contributed by atoms with Gasteiger partial charge in [-0.3, -0.25) is 0 Å².